The zero-order valence-electron chi connectivity index (χ0n) is 21.9. The Kier molecular flexibility index (Phi) is 10.2. The van der Waals surface area contributed by atoms with Crippen LogP contribution in [0.5, 0.6) is 0 Å². The average Bonchev–Trinajstić information content (AvgIpc) is 2.49. The first kappa shape index (κ1) is 28.5. The van der Waals surface area contributed by atoms with Gasteiger partial charge < -0.3 is 22.1 Å². The molecule has 0 aliphatic rings. The predicted octanol–water partition coefficient (Wildman–Crippen LogP) is 5.72. The molecule has 0 aliphatic heterocycles. The minimum atomic E-state index is -3.19. The van der Waals surface area contributed by atoms with Crippen molar-refractivity contribution in [3.05, 3.63) is 30.3 Å². The van der Waals surface area contributed by atoms with Gasteiger partial charge in [-0.1, -0.05) is 30.3 Å². The summed E-state index contributed by atoms with van der Waals surface area (Å²) in [7, 11) is -6.28. The Morgan fingerprint density at radius 3 is 1.29 bits per heavy atom. The van der Waals surface area contributed by atoms with E-state index in [1.54, 1.807) is 0 Å². The van der Waals surface area contributed by atoms with Crippen molar-refractivity contribution < 1.29 is 22.1 Å². The fourth-order valence-electron chi connectivity index (χ4n) is 3.56. The molecule has 0 radical (unpaired) electrons. The Balaban J connectivity index is 3.74. The van der Waals surface area contributed by atoms with E-state index in [-0.39, 0.29) is 18.3 Å². The van der Waals surface area contributed by atoms with Crippen LogP contribution in [0.2, 0.25) is 5.67 Å². The lowest BCUT2D eigenvalue weighted by molar-refractivity contribution is -0.00565. The summed E-state index contributed by atoms with van der Waals surface area (Å²) in [4.78, 5) is 0. The molecule has 5 nitrogen and oxygen atoms in total. The zero-order chi connectivity index (χ0) is 24.1. The lowest BCUT2D eigenvalue weighted by Gasteiger charge is -2.45. The number of hydrogen-bond donors (Lipinski definition) is 0. The fourth-order valence-corrected chi connectivity index (χ4v) is 13.5. The molecule has 0 amide bonds. The third-order valence-corrected chi connectivity index (χ3v) is 13.0. The van der Waals surface area contributed by atoms with Crippen molar-refractivity contribution in [2.24, 2.45) is 0 Å². The maximum atomic E-state index is 6.90. The molecule has 0 spiro atoms. The number of hydrogen-bond acceptors (Lipinski definition) is 5. The summed E-state index contributed by atoms with van der Waals surface area (Å²) in [5.74, 6) is 0. The van der Waals surface area contributed by atoms with E-state index >= 15 is 0 Å². The molecule has 0 fully saturated rings. The molecule has 0 aromatic heterocycles. The fraction of sp³-hybridized carbons (Fsp3) is 0.750. The molecule has 7 heteroatoms. The summed E-state index contributed by atoms with van der Waals surface area (Å²) in [5.41, 5.74) is -0.352. The van der Waals surface area contributed by atoms with E-state index in [1.807, 2.05) is 59.7 Å². The lowest BCUT2D eigenvalue weighted by atomic mass is 10.2. The van der Waals surface area contributed by atoms with Gasteiger partial charge in [0.05, 0.1) is 16.9 Å². The summed E-state index contributed by atoms with van der Waals surface area (Å²) < 4.78 is 33.4. The van der Waals surface area contributed by atoms with Crippen LogP contribution in [-0.4, -0.2) is 46.9 Å². The van der Waals surface area contributed by atoms with Gasteiger partial charge in [0.25, 0.3) is 0 Å². The molecule has 0 saturated heterocycles. The van der Waals surface area contributed by atoms with Gasteiger partial charge in [-0.25, -0.2) is 0 Å². The van der Waals surface area contributed by atoms with Crippen molar-refractivity contribution in [3.8, 4) is 0 Å². The van der Waals surface area contributed by atoms with Crippen LogP contribution in [-0.2, 0) is 22.1 Å². The molecule has 31 heavy (non-hydrogen) atoms. The molecule has 0 saturated carbocycles. The van der Waals surface area contributed by atoms with Gasteiger partial charge >= 0.3 is 17.4 Å². The van der Waals surface area contributed by atoms with E-state index in [4.69, 9.17) is 22.1 Å². The van der Waals surface area contributed by atoms with Crippen LogP contribution in [0.1, 0.15) is 83.1 Å². The van der Waals surface area contributed by atoms with Crippen molar-refractivity contribution in [1.82, 2.24) is 0 Å². The summed E-state index contributed by atoms with van der Waals surface area (Å²) in [5, 5.41) is 1.06. The Morgan fingerprint density at radius 2 is 1.00 bits per heavy atom. The van der Waals surface area contributed by atoms with Crippen LogP contribution in [0.3, 0.4) is 0 Å². The third kappa shape index (κ3) is 10.3. The number of rotatable bonds is 11. The largest absolute Gasteiger partial charge is 0.503 e. The predicted molar refractivity (Wildman–Crippen MR) is 133 cm³/mol. The molecule has 180 valence electrons. The van der Waals surface area contributed by atoms with Crippen LogP contribution in [0.15, 0.2) is 30.3 Å². The minimum absolute atomic E-state index is 0.0455. The molecule has 1 aromatic rings. The molecular weight excluding hydrogens is 424 g/mol. The van der Waals surface area contributed by atoms with E-state index in [2.05, 4.69) is 53.7 Å². The molecule has 1 rings (SSSR count). The summed E-state index contributed by atoms with van der Waals surface area (Å²) in [6.07, 6.45) is -0.136. The van der Waals surface area contributed by atoms with E-state index in [0.29, 0.717) is 5.67 Å². The first-order chi connectivity index (χ1) is 14.0. The summed E-state index contributed by atoms with van der Waals surface area (Å²) in [6, 6.07) is 10.3. The molecule has 0 bridgehead atoms. The molecule has 1 aromatic carbocycles. The van der Waals surface area contributed by atoms with Gasteiger partial charge in [-0.05, 0) is 88.3 Å². The summed E-state index contributed by atoms with van der Waals surface area (Å²) >= 11 is 0. The van der Waals surface area contributed by atoms with Crippen molar-refractivity contribution in [2.45, 2.75) is 118 Å². The van der Waals surface area contributed by atoms with E-state index in [0.717, 1.165) is 5.19 Å². The van der Waals surface area contributed by atoms with Gasteiger partial charge in [0.2, 0.25) is 0 Å². The van der Waals surface area contributed by atoms with Gasteiger partial charge in [-0.15, -0.1) is 0 Å². The smallest absolute Gasteiger partial charge is 0.386 e. The molecular formula is C24H46O5Si2. The van der Waals surface area contributed by atoms with Crippen LogP contribution in [0.25, 0.3) is 0 Å². The Labute approximate surface area is 193 Å². The van der Waals surface area contributed by atoms with Crippen molar-refractivity contribution in [1.29, 1.82) is 0 Å². The molecule has 0 unspecified atom stereocenters. The van der Waals surface area contributed by atoms with Gasteiger partial charge in [-0.2, -0.15) is 0 Å². The van der Waals surface area contributed by atoms with Gasteiger partial charge in [0.15, 0.2) is 0 Å². The molecule has 0 heterocycles. The minimum Gasteiger partial charge on any atom is -0.386 e. The average molecular weight is 471 g/mol. The standard InChI is InChI=1S/C24H46O5Si2/c1-19(2)25-31(26-20(3)4,27-21(5)6)18-30(28-23(7,8)9,29-24(10,11)12)22-16-14-13-15-17-22/h13-17,19-21H,18H2,1-12H3. The van der Waals surface area contributed by atoms with Gasteiger partial charge in [-0.3, -0.25) is 0 Å². The highest BCUT2D eigenvalue weighted by Gasteiger charge is 2.58. The first-order valence-corrected chi connectivity index (χ1v) is 15.4. The highest BCUT2D eigenvalue weighted by molar-refractivity contribution is 6.91. The zero-order valence-corrected chi connectivity index (χ0v) is 23.9. The maximum Gasteiger partial charge on any atom is 0.503 e. The van der Waals surface area contributed by atoms with Crippen molar-refractivity contribution >= 4 is 22.6 Å². The lowest BCUT2D eigenvalue weighted by Crippen LogP contribution is -2.67. The van der Waals surface area contributed by atoms with Crippen LogP contribution < -0.4 is 5.19 Å². The summed E-state index contributed by atoms with van der Waals surface area (Å²) in [6.45, 7) is 24.6. The van der Waals surface area contributed by atoms with Crippen LogP contribution >= 0.6 is 0 Å². The second kappa shape index (κ2) is 11.1. The Morgan fingerprint density at radius 1 is 0.645 bits per heavy atom. The van der Waals surface area contributed by atoms with Gasteiger partial charge in [0.1, 0.15) is 0 Å². The molecule has 0 N–H and O–H groups in total. The van der Waals surface area contributed by atoms with Crippen molar-refractivity contribution in [3.63, 3.8) is 0 Å². The second-order valence-electron chi connectivity index (χ2n) is 10.9. The SMILES string of the molecule is CC(C)O[Si](C[Si](OC(C)(C)C)(OC(C)(C)C)c1ccccc1)(OC(C)C)OC(C)C. The van der Waals surface area contributed by atoms with Crippen LogP contribution in [0, 0.1) is 0 Å². The molecule has 0 atom stereocenters. The second-order valence-corrected chi connectivity index (χ2v) is 16.9. The topological polar surface area (TPSA) is 46.2 Å². The molecule has 0 aliphatic carbocycles. The third-order valence-electron chi connectivity index (χ3n) is 3.85. The van der Waals surface area contributed by atoms with Gasteiger partial charge in [0, 0.05) is 18.3 Å². The van der Waals surface area contributed by atoms with Crippen molar-refractivity contribution in [2.75, 3.05) is 0 Å². The Bertz CT molecular complexity index is 606. The Hall–Kier alpha value is -0.546. The normalized spacial score (nSPS) is 14.2. The van der Waals surface area contributed by atoms with E-state index in [9.17, 15) is 0 Å². The highest BCUT2D eigenvalue weighted by atomic mass is 28.4. The quantitative estimate of drug-likeness (QED) is 0.387. The van der Waals surface area contributed by atoms with E-state index < -0.39 is 28.6 Å². The highest BCUT2D eigenvalue weighted by Crippen LogP contribution is 2.34. The monoisotopic (exact) mass is 470 g/mol. The van der Waals surface area contributed by atoms with Crippen LogP contribution in [0.4, 0.5) is 0 Å². The number of benzene rings is 1. The van der Waals surface area contributed by atoms with E-state index in [1.165, 1.54) is 0 Å². The first-order valence-electron chi connectivity index (χ1n) is 11.5. The maximum absolute atomic E-state index is 6.90.